The number of hydrogen-bond acceptors (Lipinski definition) is 3. The monoisotopic (exact) mass is 490 g/mol. The fourth-order valence-corrected chi connectivity index (χ4v) is 4.91. The molecule has 0 radical (unpaired) electrons. The minimum atomic E-state index is -4.45. The summed E-state index contributed by atoms with van der Waals surface area (Å²) in [5.41, 5.74) is -0.573. The molecule has 0 aromatic heterocycles. The summed E-state index contributed by atoms with van der Waals surface area (Å²) in [5.74, 6) is -1.00. The van der Waals surface area contributed by atoms with Crippen LogP contribution >= 0.6 is 15.9 Å². The Bertz CT molecular complexity index is 977. The minimum Gasteiger partial charge on any atom is -0.326 e. The van der Waals surface area contributed by atoms with Crippen molar-refractivity contribution in [3.05, 3.63) is 58.6 Å². The molecule has 0 saturated carbocycles. The molecule has 0 bridgehead atoms. The van der Waals surface area contributed by atoms with Gasteiger partial charge in [-0.15, -0.1) is 0 Å². The summed E-state index contributed by atoms with van der Waals surface area (Å²) in [6.07, 6.45) is -3.44. The van der Waals surface area contributed by atoms with Gasteiger partial charge in [0.15, 0.2) is 0 Å². The van der Waals surface area contributed by atoms with E-state index in [0.717, 1.165) is 16.6 Å². The number of alkyl halides is 3. The maximum atomic E-state index is 12.8. The third-order valence-corrected chi connectivity index (χ3v) is 7.09. The van der Waals surface area contributed by atoms with Gasteiger partial charge in [-0.3, -0.25) is 4.79 Å². The van der Waals surface area contributed by atoms with Crippen LogP contribution in [0.1, 0.15) is 18.4 Å². The predicted octanol–water partition coefficient (Wildman–Crippen LogP) is 4.51. The Labute approximate surface area is 175 Å². The molecule has 1 fully saturated rings. The Kier molecular flexibility index (Phi) is 6.35. The van der Waals surface area contributed by atoms with E-state index in [1.165, 1.54) is 28.6 Å². The second-order valence-corrected chi connectivity index (χ2v) is 9.57. The van der Waals surface area contributed by atoms with E-state index in [2.05, 4.69) is 21.2 Å². The van der Waals surface area contributed by atoms with Crippen molar-refractivity contribution in [2.24, 2.45) is 5.92 Å². The van der Waals surface area contributed by atoms with Crippen molar-refractivity contribution in [2.75, 3.05) is 18.4 Å². The highest BCUT2D eigenvalue weighted by atomic mass is 79.9. The molecule has 1 aliphatic heterocycles. The molecular formula is C19H18BrF3N2O3S. The summed E-state index contributed by atoms with van der Waals surface area (Å²) in [6.45, 7) is 0.327. The van der Waals surface area contributed by atoms with Crippen molar-refractivity contribution in [1.82, 2.24) is 4.31 Å². The normalized spacial score (nSPS) is 18.4. The highest BCUT2D eigenvalue weighted by Gasteiger charge is 2.34. The summed E-state index contributed by atoms with van der Waals surface area (Å²) < 4.78 is 65.6. The van der Waals surface area contributed by atoms with Crippen LogP contribution in [0.4, 0.5) is 18.9 Å². The van der Waals surface area contributed by atoms with Gasteiger partial charge in [0.05, 0.1) is 16.4 Å². The molecule has 0 aliphatic carbocycles. The lowest BCUT2D eigenvalue weighted by molar-refractivity contribution is -0.137. The molecule has 0 spiro atoms. The number of piperidine rings is 1. The van der Waals surface area contributed by atoms with E-state index in [1.54, 1.807) is 12.1 Å². The molecule has 156 valence electrons. The van der Waals surface area contributed by atoms with E-state index in [9.17, 15) is 26.4 Å². The number of anilines is 1. The molecule has 1 heterocycles. The summed E-state index contributed by atoms with van der Waals surface area (Å²) in [7, 11) is -3.73. The van der Waals surface area contributed by atoms with Crippen LogP contribution in [0.25, 0.3) is 0 Å². The molecule has 2 aromatic carbocycles. The van der Waals surface area contributed by atoms with Gasteiger partial charge in [0.2, 0.25) is 15.9 Å². The van der Waals surface area contributed by atoms with Crippen molar-refractivity contribution in [3.63, 3.8) is 0 Å². The standard InChI is InChI=1S/C19H18BrF3N2O3S/c20-15-5-9-17(10-6-15)29(27,28)25-11-1-2-13(12-25)18(26)24-16-7-3-14(4-8-16)19(21,22)23/h3-10,13H,1-2,11-12H2,(H,24,26)/t13-/m0/s1. The SMILES string of the molecule is O=C(Nc1ccc(C(F)(F)F)cc1)[C@H]1CCCN(S(=O)(=O)c2ccc(Br)cc2)C1. The van der Waals surface area contributed by atoms with Crippen LogP contribution in [0.5, 0.6) is 0 Å². The zero-order valence-electron chi connectivity index (χ0n) is 15.1. The molecule has 10 heteroatoms. The van der Waals surface area contributed by atoms with Crippen molar-refractivity contribution >= 4 is 37.5 Å². The van der Waals surface area contributed by atoms with Crippen molar-refractivity contribution in [1.29, 1.82) is 0 Å². The molecule has 1 atom stereocenters. The van der Waals surface area contributed by atoms with Crippen LogP contribution in [-0.2, 0) is 21.0 Å². The lowest BCUT2D eigenvalue weighted by atomic mass is 9.98. The Balaban J connectivity index is 1.68. The zero-order chi connectivity index (χ0) is 21.2. The van der Waals surface area contributed by atoms with Crippen LogP contribution < -0.4 is 5.32 Å². The van der Waals surface area contributed by atoms with Crippen LogP contribution in [0.15, 0.2) is 57.9 Å². The van der Waals surface area contributed by atoms with Crippen LogP contribution in [-0.4, -0.2) is 31.7 Å². The summed E-state index contributed by atoms with van der Waals surface area (Å²) in [6, 6.07) is 10.4. The average Bonchev–Trinajstić information content (AvgIpc) is 2.68. The molecule has 0 unspecified atom stereocenters. The predicted molar refractivity (Wildman–Crippen MR) is 106 cm³/mol. The van der Waals surface area contributed by atoms with Crippen LogP contribution in [0, 0.1) is 5.92 Å². The molecule has 1 aliphatic rings. The topological polar surface area (TPSA) is 66.5 Å². The highest BCUT2D eigenvalue weighted by molar-refractivity contribution is 9.10. The van der Waals surface area contributed by atoms with Gasteiger partial charge in [-0.05, 0) is 61.4 Å². The third kappa shape index (κ3) is 5.18. The fraction of sp³-hybridized carbons (Fsp3) is 0.316. The number of halogens is 4. The molecule has 5 nitrogen and oxygen atoms in total. The first-order valence-electron chi connectivity index (χ1n) is 8.81. The summed E-state index contributed by atoms with van der Waals surface area (Å²) in [5, 5.41) is 2.58. The van der Waals surface area contributed by atoms with Gasteiger partial charge in [-0.2, -0.15) is 17.5 Å². The summed E-state index contributed by atoms with van der Waals surface area (Å²) >= 11 is 3.26. The summed E-state index contributed by atoms with van der Waals surface area (Å²) in [4.78, 5) is 12.7. The number of sulfonamides is 1. The van der Waals surface area contributed by atoms with Crippen LogP contribution in [0.2, 0.25) is 0 Å². The van der Waals surface area contributed by atoms with Crippen molar-refractivity contribution in [3.8, 4) is 0 Å². The van der Waals surface area contributed by atoms with E-state index >= 15 is 0 Å². The van der Waals surface area contributed by atoms with E-state index < -0.39 is 33.6 Å². The zero-order valence-corrected chi connectivity index (χ0v) is 17.5. The number of carbonyl (C=O) groups excluding carboxylic acids is 1. The Morgan fingerprint density at radius 1 is 1.07 bits per heavy atom. The van der Waals surface area contributed by atoms with Gasteiger partial charge in [0.25, 0.3) is 0 Å². The van der Waals surface area contributed by atoms with Crippen LogP contribution in [0.3, 0.4) is 0 Å². The lowest BCUT2D eigenvalue weighted by Gasteiger charge is -2.31. The minimum absolute atomic E-state index is 0.0187. The average molecular weight is 491 g/mol. The number of hydrogen-bond donors (Lipinski definition) is 1. The molecule has 1 amide bonds. The van der Waals surface area contributed by atoms with Crippen molar-refractivity contribution < 1.29 is 26.4 Å². The molecular weight excluding hydrogens is 473 g/mol. The van der Waals surface area contributed by atoms with Gasteiger partial charge in [0, 0.05) is 23.2 Å². The van der Waals surface area contributed by atoms with E-state index in [0.29, 0.717) is 19.4 Å². The largest absolute Gasteiger partial charge is 0.416 e. The van der Waals surface area contributed by atoms with Gasteiger partial charge in [-0.25, -0.2) is 8.42 Å². The Hall–Kier alpha value is -1.91. The second kappa shape index (κ2) is 8.45. The smallest absolute Gasteiger partial charge is 0.326 e. The fourth-order valence-electron chi connectivity index (χ4n) is 3.12. The van der Waals surface area contributed by atoms with E-state index in [1.807, 2.05) is 0 Å². The van der Waals surface area contributed by atoms with Gasteiger partial charge < -0.3 is 5.32 Å². The Morgan fingerprint density at radius 3 is 2.28 bits per heavy atom. The number of rotatable bonds is 4. The first-order valence-corrected chi connectivity index (χ1v) is 11.0. The van der Waals surface area contributed by atoms with Gasteiger partial charge in [0.1, 0.15) is 0 Å². The molecule has 3 rings (SSSR count). The highest BCUT2D eigenvalue weighted by Crippen LogP contribution is 2.30. The number of benzene rings is 2. The lowest BCUT2D eigenvalue weighted by Crippen LogP contribution is -2.43. The van der Waals surface area contributed by atoms with Gasteiger partial charge >= 0.3 is 6.18 Å². The van der Waals surface area contributed by atoms with E-state index in [-0.39, 0.29) is 17.1 Å². The maximum absolute atomic E-state index is 12.8. The molecule has 1 saturated heterocycles. The second-order valence-electron chi connectivity index (χ2n) is 6.72. The van der Waals surface area contributed by atoms with E-state index in [4.69, 9.17) is 0 Å². The number of amides is 1. The number of nitrogens with one attached hydrogen (secondary N) is 1. The molecule has 2 aromatic rings. The van der Waals surface area contributed by atoms with Gasteiger partial charge in [-0.1, -0.05) is 15.9 Å². The molecule has 29 heavy (non-hydrogen) atoms. The third-order valence-electron chi connectivity index (χ3n) is 4.69. The first kappa shape index (κ1) is 21.8. The maximum Gasteiger partial charge on any atom is 0.416 e. The Morgan fingerprint density at radius 2 is 1.69 bits per heavy atom. The van der Waals surface area contributed by atoms with Crippen molar-refractivity contribution in [2.45, 2.75) is 23.9 Å². The molecule has 1 N–H and O–H groups in total. The quantitative estimate of drug-likeness (QED) is 0.685. The first-order chi connectivity index (χ1) is 13.6. The number of nitrogens with zero attached hydrogens (tertiary/aromatic N) is 1. The number of carbonyl (C=O) groups is 1.